The lowest BCUT2D eigenvalue weighted by molar-refractivity contribution is 0.134. The van der Waals surface area contributed by atoms with Crippen LogP contribution in [0, 0.1) is 17.6 Å². The molecule has 0 heterocycles. The van der Waals surface area contributed by atoms with Crippen molar-refractivity contribution in [1.82, 2.24) is 4.72 Å². The van der Waals surface area contributed by atoms with Gasteiger partial charge >= 0.3 is 0 Å². The van der Waals surface area contributed by atoms with Gasteiger partial charge in [0.05, 0.1) is 6.10 Å². The smallest absolute Gasteiger partial charge is 0.243 e. The van der Waals surface area contributed by atoms with Gasteiger partial charge in [0.2, 0.25) is 10.0 Å². The highest BCUT2D eigenvalue weighted by molar-refractivity contribution is 7.89. The number of halogens is 2. The third kappa shape index (κ3) is 3.10. The Kier molecular flexibility index (Phi) is 4.17. The molecule has 1 aromatic rings. The van der Waals surface area contributed by atoms with E-state index < -0.39 is 32.7 Å². The average Bonchev–Trinajstić information content (AvgIpc) is 2.76. The van der Waals surface area contributed by atoms with Crippen LogP contribution in [0.5, 0.6) is 0 Å². The van der Waals surface area contributed by atoms with E-state index in [1.54, 1.807) is 0 Å². The lowest BCUT2D eigenvalue weighted by Gasteiger charge is -2.15. The lowest BCUT2D eigenvalue weighted by atomic mass is 10.1. The zero-order chi connectivity index (χ0) is 14.0. The minimum Gasteiger partial charge on any atom is -0.393 e. The number of hydrogen-bond acceptors (Lipinski definition) is 3. The van der Waals surface area contributed by atoms with Crippen molar-refractivity contribution in [1.29, 1.82) is 0 Å². The second-order valence-electron chi connectivity index (χ2n) is 4.66. The van der Waals surface area contributed by atoms with Crippen molar-refractivity contribution >= 4 is 10.0 Å². The lowest BCUT2D eigenvalue weighted by Crippen LogP contribution is -2.33. The molecule has 1 aromatic carbocycles. The maximum atomic E-state index is 13.4. The van der Waals surface area contributed by atoms with Crippen molar-refractivity contribution in [3.8, 4) is 0 Å². The van der Waals surface area contributed by atoms with E-state index in [1.165, 1.54) is 0 Å². The van der Waals surface area contributed by atoms with Gasteiger partial charge < -0.3 is 5.11 Å². The Morgan fingerprint density at radius 1 is 1.32 bits per heavy atom. The van der Waals surface area contributed by atoms with E-state index in [9.17, 15) is 22.3 Å². The normalized spacial score (nSPS) is 23.7. The van der Waals surface area contributed by atoms with Gasteiger partial charge in [0, 0.05) is 6.54 Å². The summed E-state index contributed by atoms with van der Waals surface area (Å²) < 4.78 is 52.4. The number of nitrogens with one attached hydrogen (secondary N) is 1. The van der Waals surface area contributed by atoms with Crippen molar-refractivity contribution in [3.05, 3.63) is 29.8 Å². The topological polar surface area (TPSA) is 66.4 Å². The van der Waals surface area contributed by atoms with Crippen molar-refractivity contribution in [2.24, 2.45) is 5.92 Å². The van der Waals surface area contributed by atoms with Crippen LogP contribution in [0.15, 0.2) is 23.1 Å². The summed E-state index contributed by atoms with van der Waals surface area (Å²) in [6, 6.07) is 3.00. The summed E-state index contributed by atoms with van der Waals surface area (Å²) in [5, 5.41) is 9.59. The van der Waals surface area contributed by atoms with E-state index in [1.807, 2.05) is 0 Å². The molecule has 0 radical (unpaired) electrons. The van der Waals surface area contributed by atoms with E-state index in [-0.39, 0.29) is 12.5 Å². The monoisotopic (exact) mass is 291 g/mol. The van der Waals surface area contributed by atoms with Gasteiger partial charge in [0.1, 0.15) is 4.90 Å². The Bertz CT molecular complexity index is 562. The minimum atomic E-state index is -4.10. The molecule has 2 rings (SSSR count). The molecular formula is C12H15F2NO3S. The van der Waals surface area contributed by atoms with Gasteiger partial charge in [-0.25, -0.2) is 21.9 Å². The predicted octanol–water partition coefficient (Wildman–Crippen LogP) is 1.40. The summed E-state index contributed by atoms with van der Waals surface area (Å²) in [4.78, 5) is -0.708. The fraction of sp³-hybridized carbons (Fsp3) is 0.500. The van der Waals surface area contributed by atoms with Crippen LogP contribution in [0.3, 0.4) is 0 Å². The summed E-state index contributed by atoms with van der Waals surface area (Å²) >= 11 is 0. The minimum absolute atomic E-state index is 0.0272. The molecule has 1 aliphatic carbocycles. The van der Waals surface area contributed by atoms with Gasteiger partial charge in [-0.05, 0) is 30.9 Å². The van der Waals surface area contributed by atoms with Gasteiger partial charge in [0.15, 0.2) is 11.6 Å². The Morgan fingerprint density at radius 3 is 2.68 bits per heavy atom. The first kappa shape index (κ1) is 14.4. The molecule has 0 aromatic heterocycles. The molecule has 0 spiro atoms. The van der Waals surface area contributed by atoms with Crippen LogP contribution < -0.4 is 4.72 Å². The van der Waals surface area contributed by atoms with E-state index >= 15 is 0 Å². The van der Waals surface area contributed by atoms with Gasteiger partial charge in [-0.15, -0.1) is 0 Å². The molecule has 2 atom stereocenters. The number of rotatable bonds is 4. The Hall–Kier alpha value is -1.05. The molecule has 1 fully saturated rings. The van der Waals surface area contributed by atoms with Crippen LogP contribution in [0.25, 0.3) is 0 Å². The Balaban J connectivity index is 2.12. The summed E-state index contributed by atoms with van der Waals surface area (Å²) in [6.45, 7) is 0.0272. The summed E-state index contributed by atoms with van der Waals surface area (Å²) in [6.07, 6.45) is 1.65. The van der Waals surface area contributed by atoms with Gasteiger partial charge in [0.25, 0.3) is 0 Å². The fourth-order valence-corrected chi connectivity index (χ4v) is 3.42. The molecule has 2 N–H and O–H groups in total. The molecule has 106 valence electrons. The molecule has 0 amide bonds. The first-order chi connectivity index (χ1) is 8.92. The molecular weight excluding hydrogens is 276 g/mol. The molecule has 7 heteroatoms. The molecule has 0 bridgehead atoms. The Labute approximate surface area is 110 Å². The number of hydrogen-bond donors (Lipinski definition) is 2. The van der Waals surface area contributed by atoms with Crippen molar-refractivity contribution in [2.75, 3.05) is 6.54 Å². The first-order valence-electron chi connectivity index (χ1n) is 6.03. The second kappa shape index (κ2) is 5.52. The number of aliphatic hydroxyl groups excluding tert-OH is 1. The highest BCUT2D eigenvalue weighted by Gasteiger charge is 2.28. The number of sulfonamides is 1. The number of aliphatic hydroxyl groups is 1. The second-order valence-corrected chi connectivity index (χ2v) is 6.40. The third-order valence-corrected chi connectivity index (χ3v) is 4.80. The van der Waals surface area contributed by atoms with Crippen LogP contribution in [0.4, 0.5) is 8.78 Å². The molecule has 1 saturated carbocycles. The highest BCUT2D eigenvalue weighted by Crippen LogP contribution is 2.25. The van der Waals surface area contributed by atoms with E-state index in [4.69, 9.17) is 0 Å². The van der Waals surface area contributed by atoms with Crippen LogP contribution in [0.2, 0.25) is 0 Å². The highest BCUT2D eigenvalue weighted by atomic mass is 32.2. The van der Waals surface area contributed by atoms with Crippen molar-refractivity contribution in [3.63, 3.8) is 0 Å². The quantitative estimate of drug-likeness (QED) is 0.881. The van der Waals surface area contributed by atoms with Crippen LogP contribution in [-0.4, -0.2) is 26.2 Å². The molecule has 2 unspecified atom stereocenters. The van der Waals surface area contributed by atoms with Gasteiger partial charge in [-0.3, -0.25) is 0 Å². The molecule has 4 nitrogen and oxygen atoms in total. The van der Waals surface area contributed by atoms with Gasteiger partial charge in [-0.2, -0.15) is 0 Å². The zero-order valence-corrected chi connectivity index (χ0v) is 11.0. The summed E-state index contributed by atoms with van der Waals surface area (Å²) in [7, 11) is -4.10. The van der Waals surface area contributed by atoms with Crippen molar-refractivity contribution < 1.29 is 22.3 Å². The largest absolute Gasteiger partial charge is 0.393 e. The maximum Gasteiger partial charge on any atom is 0.243 e. The van der Waals surface area contributed by atoms with E-state index in [0.29, 0.717) is 6.42 Å². The average molecular weight is 291 g/mol. The van der Waals surface area contributed by atoms with Crippen LogP contribution >= 0.6 is 0 Å². The predicted molar refractivity (Wildman–Crippen MR) is 64.9 cm³/mol. The molecule has 19 heavy (non-hydrogen) atoms. The standard InChI is InChI=1S/C12H15F2NO3S/c13-9-4-2-6-11(12(9)14)19(17,18)15-7-8-3-1-5-10(8)16/h2,4,6,8,10,15-16H,1,3,5,7H2. The number of benzene rings is 1. The molecule has 0 aliphatic heterocycles. The first-order valence-corrected chi connectivity index (χ1v) is 7.52. The van der Waals surface area contributed by atoms with E-state index in [2.05, 4.69) is 4.72 Å². The molecule has 0 saturated heterocycles. The van der Waals surface area contributed by atoms with E-state index in [0.717, 1.165) is 31.0 Å². The SMILES string of the molecule is O=S(=O)(NCC1CCCC1O)c1cccc(F)c1F. The fourth-order valence-electron chi connectivity index (χ4n) is 2.24. The summed E-state index contributed by atoms with van der Waals surface area (Å²) in [5.74, 6) is -2.77. The van der Waals surface area contributed by atoms with Gasteiger partial charge in [-0.1, -0.05) is 12.5 Å². The van der Waals surface area contributed by atoms with Crippen molar-refractivity contribution in [2.45, 2.75) is 30.3 Å². The zero-order valence-electron chi connectivity index (χ0n) is 10.1. The van der Waals surface area contributed by atoms with Crippen LogP contribution in [0.1, 0.15) is 19.3 Å². The third-order valence-electron chi connectivity index (χ3n) is 3.36. The molecule has 1 aliphatic rings. The maximum absolute atomic E-state index is 13.4. The van der Waals surface area contributed by atoms with Crippen LogP contribution in [-0.2, 0) is 10.0 Å². The summed E-state index contributed by atoms with van der Waals surface area (Å²) in [5.41, 5.74) is 0. The Morgan fingerprint density at radius 2 is 2.05 bits per heavy atom.